The molecule has 1 aromatic heterocycles. The number of pyridine rings is 1. The van der Waals surface area contributed by atoms with Gasteiger partial charge in [-0.2, -0.15) is 5.26 Å². The minimum absolute atomic E-state index is 0.201. The van der Waals surface area contributed by atoms with E-state index in [0.29, 0.717) is 11.3 Å². The van der Waals surface area contributed by atoms with Crippen molar-refractivity contribution in [2.24, 2.45) is 0 Å². The molecular weight excluding hydrogens is 318 g/mol. The average Bonchev–Trinajstić information content (AvgIpc) is 2.56. The summed E-state index contributed by atoms with van der Waals surface area (Å²) in [7, 11) is 0. The molecule has 0 aliphatic heterocycles. The van der Waals surface area contributed by atoms with Crippen molar-refractivity contribution in [2.45, 2.75) is 13.0 Å². The molecule has 0 bridgehead atoms. The molecule has 0 aliphatic rings. The summed E-state index contributed by atoms with van der Waals surface area (Å²) in [5.74, 6) is -1.15. The van der Waals surface area contributed by atoms with Gasteiger partial charge in [-0.05, 0) is 43.3 Å². The van der Waals surface area contributed by atoms with Crippen molar-refractivity contribution in [1.82, 2.24) is 4.98 Å². The van der Waals surface area contributed by atoms with E-state index in [1.54, 1.807) is 24.3 Å². The Morgan fingerprint density at radius 1 is 1.26 bits per heavy atom. The molecule has 1 amide bonds. The lowest BCUT2D eigenvalue weighted by atomic mass is 10.2. The zero-order valence-electron chi connectivity index (χ0n) is 12.1. The zero-order chi connectivity index (χ0) is 16.8. The molecule has 116 valence electrons. The number of nitrogens with zero attached hydrogens (tertiary/aromatic N) is 2. The Kier molecular flexibility index (Phi) is 5.28. The normalized spacial score (nSPS) is 11.2. The number of carbonyl (C=O) groups is 2. The third kappa shape index (κ3) is 4.53. The van der Waals surface area contributed by atoms with Gasteiger partial charge in [-0.3, -0.25) is 4.79 Å². The lowest BCUT2D eigenvalue weighted by molar-refractivity contribution is -0.123. The fourth-order valence-electron chi connectivity index (χ4n) is 1.65. The number of ether oxygens (including phenoxy) is 1. The van der Waals surface area contributed by atoms with Crippen LogP contribution in [-0.4, -0.2) is 23.0 Å². The van der Waals surface area contributed by atoms with Gasteiger partial charge in [0, 0.05) is 11.9 Å². The predicted octanol–water partition coefficient (Wildman–Crippen LogP) is 2.79. The smallest absolute Gasteiger partial charge is 0.340 e. The van der Waals surface area contributed by atoms with Gasteiger partial charge in [-0.15, -0.1) is 0 Å². The van der Waals surface area contributed by atoms with Crippen LogP contribution < -0.4 is 5.32 Å². The van der Waals surface area contributed by atoms with Crippen molar-refractivity contribution >= 4 is 29.2 Å². The Bertz CT molecular complexity index is 752. The van der Waals surface area contributed by atoms with Gasteiger partial charge in [0.2, 0.25) is 0 Å². The maximum atomic E-state index is 12.0. The number of hydrogen-bond acceptors (Lipinski definition) is 5. The third-order valence-electron chi connectivity index (χ3n) is 2.90. The van der Waals surface area contributed by atoms with Gasteiger partial charge in [0.05, 0.1) is 17.2 Å². The number of carbonyl (C=O) groups excluding carboxylic acids is 2. The summed E-state index contributed by atoms with van der Waals surface area (Å²) in [5, 5.41) is 11.6. The number of nitrogens with one attached hydrogen (secondary N) is 1. The molecule has 6 nitrogen and oxygen atoms in total. The maximum Gasteiger partial charge on any atom is 0.340 e. The van der Waals surface area contributed by atoms with Crippen LogP contribution in [0, 0.1) is 11.3 Å². The molecule has 0 aliphatic carbocycles. The number of esters is 1. The van der Waals surface area contributed by atoms with E-state index in [1.807, 2.05) is 6.07 Å². The second-order valence-corrected chi connectivity index (χ2v) is 4.98. The molecule has 1 atom stereocenters. The topological polar surface area (TPSA) is 92.1 Å². The second kappa shape index (κ2) is 7.38. The van der Waals surface area contributed by atoms with Crippen LogP contribution >= 0.6 is 11.6 Å². The van der Waals surface area contributed by atoms with Gasteiger partial charge in [-0.1, -0.05) is 11.6 Å². The Labute approximate surface area is 137 Å². The second-order valence-electron chi connectivity index (χ2n) is 4.60. The van der Waals surface area contributed by atoms with Crippen LogP contribution in [0.15, 0.2) is 42.6 Å². The molecule has 1 aromatic carbocycles. The Morgan fingerprint density at radius 3 is 2.52 bits per heavy atom. The summed E-state index contributed by atoms with van der Waals surface area (Å²) in [6.07, 6.45) is 0.282. The quantitative estimate of drug-likeness (QED) is 0.687. The fraction of sp³-hybridized carbons (Fsp3) is 0.125. The van der Waals surface area contributed by atoms with Gasteiger partial charge in [-0.25, -0.2) is 9.78 Å². The Hall–Kier alpha value is -2.91. The van der Waals surface area contributed by atoms with Crippen LogP contribution in [0.1, 0.15) is 22.8 Å². The molecule has 2 rings (SSSR count). The number of aromatic nitrogens is 1. The fourth-order valence-corrected chi connectivity index (χ4v) is 1.76. The van der Waals surface area contributed by atoms with Gasteiger partial charge in [0.25, 0.3) is 5.91 Å². The predicted molar refractivity (Wildman–Crippen MR) is 83.9 cm³/mol. The Morgan fingerprint density at radius 2 is 1.96 bits per heavy atom. The first-order valence-electron chi connectivity index (χ1n) is 6.63. The van der Waals surface area contributed by atoms with Gasteiger partial charge >= 0.3 is 5.97 Å². The molecule has 0 unspecified atom stereocenters. The maximum absolute atomic E-state index is 12.0. The van der Waals surface area contributed by atoms with E-state index in [1.165, 1.54) is 25.3 Å². The van der Waals surface area contributed by atoms with Crippen LogP contribution in [0.4, 0.5) is 5.69 Å². The SMILES string of the molecule is C[C@@H](OC(=O)c1ccc(Cl)nc1)C(=O)Nc1ccc(C#N)cc1. The van der Waals surface area contributed by atoms with Crippen LogP contribution in [0.25, 0.3) is 0 Å². The van der Waals surface area contributed by atoms with Crippen molar-refractivity contribution in [3.63, 3.8) is 0 Å². The summed E-state index contributed by atoms with van der Waals surface area (Å²) in [5.41, 5.74) is 1.19. The van der Waals surface area contributed by atoms with Crippen molar-refractivity contribution in [3.05, 3.63) is 58.9 Å². The molecule has 1 N–H and O–H groups in total. The first-order chi connectivity index (χ1) is 11.0. The van der Waals surface area contributed by atoms with Crippen LogP contribution in [0.5, 0.6) is 0 Å². The van der Waals surface area contributed by atoms with Crippen molar-refractivity contribution in [1.29, 1.82) is 5.26 Å². The number of rotatable bonds is 4. The minimum atomic E-state index is -0.992. The Balaban J connectivity index is 1.95. The van der Waals surface area contributed by atoms with Crippen LogP contribution in [0.3, 0.4) is 0 Å². The van der Waals surface area contributed by atoms with Crippen LogP contribution in [0.2, 0.25) is 5.15 Å². The van der Waals surface area contributed by atoms with Gasteiger partial charge in [0.15, 0.2) is 6.10 Å². The molecule has 2 aromatic rings. The van der Waals surface area contributed by atoms with E-state index in [-0.39, 0.29) is 10.7 Å². The molecule has 7 heteroatoms. The molecule has 0 fully saturated rings. The molecule has 0 radical (unpaired) electrons. The van der Waals surface area contributed by atoms with E-state index >= 15 is 0 Å². The van der Waals surface area contributed by atoms with E-state index in [2.05, 4.69) is 10.3 Å². The number of halogens is 1. The highest BCUT2D eigenvalue weighted by atomic mass is 35.5. The van der Waals surface area contributed by atoms with E-state index in [9.17, 15) is 9.59 Å². The molecule has 23 heavy (non-hydrogen) atoms. The summed E-state index contributed by atoms with van der Waals surface area (Å²) in [6, 6.07) is 11.2. The summed E-state index contributed by atoms with van der Waals surface area (Å²) < 4.78 is 5.07. The third-order valence-corrected chi connectivity index (χ3v) is 3.12. The monoisotopic (exact) mass is 329 g/mol. The number of amides is 1. The molecular formula is C16H12ClN3O3. The summed E-state index contributed by atoms with van der Waals surface area (Å²) in [6.45, 7) is 1.46. The highest BCUT2D eigenvalue weighted by Crippen LogP contribution is 2.11. The largest absolute Gasteiger partial charge is 0.449 e. The number of anilines is 1. The van der Waals surface area contributed by atoms with Crippen molar-refractivity contribution in [3.8, 4) is 6.07 Å². The van der Waals surface area contributed by atoms with E-state index < -0.39 is 18.0 Å². The molecule has 0 saturated carbocycles. The molecule has 0 spiro atoms. The summed E-state index contributed by atoms with van der Waals surface area (Å²) >= 11 is 5.64. The number of nitriles is 1. The minimum Gasteiger partial charge on any atom is -0.449 e. The van der Waals surface area contributed by atoms with E-state index in [0.717, 1.165) is 0 Å². The summed E-state index contributed by atoms with van der Waals surface area (Å²) in [4.78, 5) is 27.7. The zero-order valence-corrected chi connectivity index (χ0v) is 12.9. The molecule has 1 heterocycles. The van der Waals surface area contributed by atoms with Crippen molar-refractivity contribution in [2.75, 3.05) is 5.32 Å². The average molecular weight is 330 g/mol. The molecule has 0 saturated heterocycles. The van der Waals surface area contributed by atoms with Gasteiger partial charge in [0.1, 0.15) is 5.15 Å². The van der Waals surface area contributed by atoms with Gasteiger partial charge < -0.3 is 10.1 Å². The van der Waals surface area contributed by atoms with Crippen LogP contribution in [-0.2, 0) is 9.53 Å². The lowest BCUT2D eigenvalue weighted by Gasteiger charge is -2.13. The lowest BCUT2D eigenvalue weighted by Crippen LogP contribution is -2.30. The highest BCUT2D eigenvalue weighted by Gasteiger charge is 2.19. The first kappa shape index (κ1) is 16.5. The standard InChI is InChI=1S/C16H12ClN3O3/c1-10(23-16(22)12-4-7-14(17)19-9-12)15(21)20-13-5-2-11(8-18)3-6-13/h2-7,9-10H,1H3,(H,20,21)/t10-/m1/s1. The first-order valence-corrected chi connectivity index (χ1v) is 7.01. The number of hydrogen-bond donors (Lipinski definition) is 1. The number of benzene rings is 1. The van der Waals surface area contributed by atoms with E-state index in [4.69, 9.17) is 21.6 Å². The van der Waals surface area contributed by atoms with Crippen molar-refractivity contribution < 1.29 is 14.3 Å². The highest BCUT2D eigenvalue weighted by molar-refractivity contribution is 6.29.